The van der Waals surface area contributed by atoms with Gasteiger partial charge in [-0.3, -0.25) is 0 Å². The fraction of sp³-hybridized carbons (Fsp3) is 0.571. The van der Waals surface area contributed by atoms with Crippen LogP contribution in [-0.4, -0.2) is 31.1 Å². The van der Waals surface area contributed by atoms with Crippen molar-refractivity contribution >= 4 is 0 Å². The molecule has 1 saturated heterocycles. The molecule has 2 nitrogen and oxygen atoms in total. The molecule has 0 aromatic heterocycles. The first-order valence-electron chi connectivity index (χ1n) is 6.56. The molecule has 1 fully saturated rings. The van der Waals surface area contributed by atoms with Gasteiger partial charge in [0.05, 0.1) is 0 Å². The van der Waals surface area contributed by atoms with Crippen LogP contribution in [0.15, 0.2) is 24.3 Å². The lowest BCUT2D eigenvalue weighted by Crippen LogP contribution is -2.29. The predicted molar refractivity (Wildman–Crippen MR) is 68.8 cm³/mol. The Balaban J connectivity index is 1.66. The number of nitrogens with one attached hydrogen (secondary N) is 1. The fourth-order valence-corrected chi connectivity index (χ4v) is 2.26. The van der Waals surface area contributed by atoms with E-state index in [0.29, 0.717) is 0 Å². The largest absolute Gasteiger partial charge is 0.311 e. The standard InChI is InChI=1S/C14H20F2N2/c15-14(16)13-5-3-12(4-6-13)11-17-7-10-18-8-1-2-9-18/h3-6,14,17H,1-2,7-11H2. The number of nitrogens with zero attached hydrogens (tertiary/aromatic N) is 1. The lowest BCUT2D eigenvalue weighted by atomic mass is 10.1. The molecular weight excluding hydrogens is 234 g/mol. The summed E-state index contributed by atoms with van der Waals surface area (Å²) in [5.74, 6) is 0. The van der Waals surface area contributed by atoms with Crippen LogP contribution in [0.3, 0.4) is 0 Å². The van der Waals surface area contributed by atoms with Gasteiger partial charge in [0, 0.05) is 25.2 Å². The van der Waals surface area contributed by atoms with Crippen LogP contribution in [0.4, 0.5) is 8.78 Å². The van der Waals surface area contributed by atoms with Crippen LogP contribution < -0.4 is 5.32 Å². The Labute approximate surface area is 107 Å². The lowest BCUT2D eigenvalue weighted by Gasteiger charge is -2.14. The van der Waals surface area contributed by atoms with E-state index >= 15 is 0 Å². The molecule has 0 amide bonds. The van der Waals surface area contributed by atoms with Gasteiger partial charge in [0.25, 0.3) is 6.43 Å². The summed E-state index contributed by atoms with van der Waals surface area (Å²) in [4.78, 5) is 2.45. The van der Waals surface area contributed by atoms with Gasteiger partial charge >= 0.3 is 0 Å². The second-order valence-corrected chi connectivity index (χ2v) is 4.77. The highest BCUT2D eigenvalue weighted by atomic mass is 19.3. The van der Waals surface area contributed by atoms with Crippen molar-refractivity contribution in [3.8, 4) is 0 Å². The summed E-state index contributed by atoms with van der Waals surface area (Å²) in [7, 11) is 0. The molecule has 1 aliphatic rings. The number of rotatable bonds is 6. The molecule has 0 unspecified atom stereocenters. The van der Waals surface area contributed by atoms with E-state index in [4.69, 9.17) is 0 Å². The molecule has 0 radical (unpaired) electrons. The van der Waals surface area contributed by atoms with Crippen molar-refractivity contribution in [3.05, 3.63) is 35.4 Å². The second-order valence-electron chi connectivity index (χ2n) is 4.77. The van der Waals surface area contributed by atoms with Gasteiger partial charge in [-0.15, -0.1) is 0 Å². The van der Waals surface area contributed by atoms with E-state index in [-0.39, 0.29) is 5.56 Å². The summed E-state index contributed by atoms with van der Waals surface area (Å²) in [5.41, 5.74) is 1.15. The average Bonchev–Trinajstić information content (AvgIpc) is 2.88. The highest BCUT2D eigenvalue weighted by molar-refractivity contribution is 5.23. The molecule has 4 heteroatoms. The first-order chi connectivity index (χ1) is 8.75. The van der Waals surface area contributed by atoms with Gasteiger partial charge in [0.1, 0.15) is 0 Å². The molecule has 18 heavy (non-hydrogen) atoms. The van der Waals surface area contributed by atoms with E-state index in [0.717, 1.165) is 25.2 Å². The van der Waals surface area contributed by atoms with Gasteiger partial charge in [0.2, 0.25) is 0 Å². The monoisotopic (exact) mass is 254 g/mol. The van der Waals surface area contributed by atoms with Crippen LogP contribution >= 0.6 is 0 Å². The number of benzene rings is 1. The topological polar surface area (TPSA) is 15.3 Å². The van der Waals surface area contributed by atoms with Crippen molar-refractivity contribution in [2.75, 3.05) is 26.2 Å². The molecule has 100 valence electrons. The molecule has 1 N–H and O–H groups in total. The normalized spacial score (nSPS) is 16.6. The van der Waals surface area contributed by atoms with Crippen molar-refractivity contribution in [1.82, 2.24) is 10.2 Å². The Kier molecular flexibility index (Phi) is 5.08. The molecule has 0 atom stereocenters. The summed E-state index contributed by atoms with van der Waals surface area (Å²) < 4.78 is 24.7. The third-order valence-corrected chi connectivity index (χ3v) is 3.36. The minimum atomic E-state index is -2.37. The molecular formula is C14H20F2N2. The fourth-order valence-electron chi connectivity index (χ4n) is 2.26. The van der Waals surface area contributed by atoms with E-state index < -0.39 is 6.43 Å². The molecule has 1 heterocycles. The first kappa shape index (κ1) is 13.4. The van der Waals surface area contributed by atoms with Crippen LogP contribution in [0.25, 0.3) is 0 Å². The van der Waals surface area contributed by atoms with Gasteiger partial charge in [-0.1, -0.05) is 24.3 Å². The highest BCUT2D eigenvalue weighted by Crippen LogP contribution is 2.18. The van der Waals surface area contributed by atoms with E-state index in [9.17, 15) is 8.78 Å². The Morgan fingerprint density at radius 3 is 2.39 bits per heavy atom. The number of hydrogen-bond acceptors (Lipinski definition) is 2. The first-order valence-corrected chi connectivity index (χ1v) is 6.56. The number of hydrogen-bond donors (Lipinski definition) is 1. The molecule has 1 aromatic carbocycles. The Bertz CT molecular complexity index is 345. The molecule has 0 saturated carbocycles. The van der Waals surface area contributed by atoms with Gasteiger partial charge in [-0.2, -0.15) is 0 Å². The third kappa shape index (κ3) is 4.03. The van der Waals surface area contributed by atoms with E-state index in [1.54, 1.807) is 12.1 Å². The van der Waals surface area contributed by atoms with Crippen LogP contribution in [-0.2, 0) is 6.54 Å². The Morgan fingerprint density at radius 2 is 1.78 bits per heavy atom. The predicted octanol–water partition coefficient (Wildman–Crippen LogP) is 2.81. The van der Waals surface area contributed by atoms with Gasteiger partial charge in [-0.05, 0) is 31.5 Å². The maximum absolute atomic E-state index is 12.4. The number of halogens is 2. The van der Waals surface area contributed by atoms with Crippen LogP contribution in [0.5, 0.6) is 0 Å². The quantitative estimate of drug-likeness (QED) is 0.785. The second kappa shape index (κ2) is 6.81. The van der Waals surface area contributed by atoms with Gasteiger partial charge in [0.15, 0.2) is 0 Å². The zero-order chi connectivity index (χ0) is 12.8. The molecule has 0 spiro atoms. The van der Waals surface area contributed by atoms with Gasteiger partial charge < -0.3 is 10.2 Å². The highest BCUT2D eigenvalue weighted by Gasteiger charge is 2.10. The zero-order valence-electron chi connectivity index (χ0n) is 10.5. The SMILES string of the molecule is FC(F)c1ccc(CNCCN2CCCC2)cc1. The van der Waals surface area contributed by atoms with Crippen molar-refractivity contribution < 1.29 is 8.78 Å². The van der Waals surface area contributed by atoms with E-state index in [1.807, 2.05) is 0 Å². The Hall–Kier alpha value is -1.00. The zero-order valence-corrected chi connectivity index (χ0v) is 10.5. The maximum atomic E-state index is 12.4. The average molecular weight is 254 g/mol. The van der Waals surface area contributed by atoms with Crippen molar-refractivity contribution in [1.29, 1.82) is 0 Å². The van der Waals surface area contributed by atoms with Crippen LogP contribution in [0, 0.1) is 0 Å². The van der Waals surface area contributed by atoms with Gasteiger partial charge in [-0.25, -0.2) is 8.78 Å². The summed E-state index contributed by atoms with van der Waals surface area (Å²) in [5, 5.41) is 3.35. The van der Waals surface area contributed by atoms with Crippen LogP contribution in [0.1, 0.15) is 30.4 Å². The molecule has 2 rings (SSSR count). The molecule has 0 bridgehead atoms. The van der Waals surface area contributed by atoms with E-state index in [2.05, 4.69) is 10.2 Å². The smallest absolute Gasteiger partial charge is 0.263 e. The molecule has 0 aliphatic carbocycles. The summed E-state index contributed by atoms with van der Waals surface area (Å²) in [6.45, 7) is 5.21. The van der Waals surface area contributed by atoms with Crippen molar-refractivity contribution in [3.63, 3.8) is 0 Å². The maximum Gasteiger partial charge on any atom is 0.263 e. The van der Waals surface area contributed by atoms with Crippen molar-refractivity contribution in [2.45, 2.75) is 25.8 Å². The summed E-state index contributed by atoms with van der Waals surface area (Å²) in [6.07, 6.45) is 0.256. The lowest BCUT2D eigenvalue weighted by molar-refractivity contribution is 0.151. The molecule has 1 aliphatic heterocycles. The summed E-state index contributed by atoms with van der Waals surface area (Å²) >= 11 is 0. The number of alkyl halides is 2. The van der Waals surface area contributed by atoms with E-state index in [1.165, 1.54) is 38.1 Å². The minimum absolute atomic E-state index is 0.0933. The van der Waals surface area contributed by atoms with Crippen molar-refractivity contribution in [2.24, 2.45) is 0 Å². The van der Waals surface area contributed by atoms with Crippen LogP contribution in [0.2, 0.25) is 0 Å². The third-order valence-electron chi connectivity index (χ3n) is 3.36. The summed E-state index contributed by atoms with van der Waals surface area (Å²) in [6, 6.07) is 6.54. The number of likely N-dealkylation sites (tertiary alicyclic amines) is 1. The minimum Gasteiger partial charge on any atom is -0.311 e. The Morgan fingerprint density at radius 1 is 1.11 bits per heavy atom. The molecule has 1 aromatic rings.